The Labute approximate surface area is 124 Å². The maximum absolute atomic E-state index is 11.5. The molecule has 9 heteroatoms. The molecule has 0 spiro atoms. The van der Waals surface area contributed by atoms with Gasteiger partial charge in [0.25, 0.3) is 5.69 Å². The first-order chi connectivity index (χ1) is 9.86. The van der Waals surface area contributed by atoms with Crippen LogP contribution in [-0.2, 0) is 9.53 Å². The van der Waals surface area contributed by atoms with E-state index in [0.717, 1.165) is 6.07 Å². The summed E-state index contributed by atoms with van der Waals surface area (Å²) in [7, 11) is 0. The molecule has 0 aliphatic heterocycles. The molecule has 1 aromatic rings. The lowest BCUT2D eigenvalue weighted by molar-refractivity contribution is -0.384. The van der Waals surface area contributed by atoms with Gasteiger partial charge in [0.05, 0.1) is 17.2 Å². The fraction of sp³-hybridized carbons (Fsp3) is 0.250. The molecule has 0 heterocycles. The summed E-state index contributed by atoms with van der Waals surface area (Å²) in [5.41, 5.74) is -0.612. The van der Waals surface area contributed by atoms with E-state index in [1.165, 1.54) is 19.1 Å². The quantitative estimate of drug-likeness (QED) is 0.222. The van der Waals surface area contributed by atoms with E-state index in [4.69, 9.17) is 16.3 Å². The Morgan fingerprint density at radius 3 is 2.71 bits per heavy atom. The van der Waals surface area contributed by atoms with Gasteiger partial charge in [-0.05, 0) is 26.0 Å². The summed E-state index contributed by atoms with van der Waals surface area (Å²) in [5, 5.41) is 27.3. The summed E-state index contributed by atoms with van der Waals surface area (Å²) < 4.78 is 4.69. The van der Waals surface area contributed by atoms with Crippen LogP contribution < -0.4 is 0 Å². The zero-order chi connectivity index (χ0) is 16.0. The van der Waals surface area contributed by atoms with Crippen LogP contribution in [0, 0.1) is 10.1 Å². The summed E-state index contributed by atoms with van der Waals surface area (Å²) in [4.78, 5) is 21.6. The second-order valence-corrected chi connectivity index (χ2v) is 4.15. The van der Waals surface area contributed by atoms with Gasteiger partial charge < -0.3 is 9.84 Å². The van der Waals surface area contributed by atoms with Crippen LogP contribution in [0.25, 0.3) is 0 Å². The van der Waals surface area contributed by atoms with E-state index in [2.05, 4.69) is 10.2 Å². The molecule has 0 aliphatic carbocycles. The van der Waals surface area contributed by atoms with E-state index in [1.807, 2.05) is 0 Å². The van der Waals surface area contributed by atoms with Crippen molar-refractivity contribution in [3.63, 3.8) is 0 Å². The van der Waals surface area contributed by atoms with Crippen LogP contribution in [0.2, 0.25) is 5.02 Å². The number of hydrogen-bond acceptors (Lipinski definition) is 7. The summed E-state index contributed by atoms with van der Waals surface area (Å²) in [6.45, 7) is 2.95. The molecule has 0 unspecified atom stereocenters. The van der Waals surface area contributed by atoms with Crippen molar-refractivity contribution in [3.05, 3.63) is 44.8 Å². The number of aliphatic hydroxyl groups is 1. The molecule has 1 N–H and O–H groups in total. The highest BCUT2D eigenvalue weighted by Gasteiger charge is 2.15. The van der Waals surface area contributed by atoms with Gasteiger partial charge in [-0.1, -0.05) is 11.6 Å². The van der Waals surface area contributed by atoms with E-state index in [0.29, 0.717) is 0 Å². The highest BCUT2D eigenvalue weighted by Crippen LogP contribution is 2.29. The molecule has 21 heavy (non-hydrogen) atoms. The van der Waals surface area contributed by atoms with E-state index in [9.17, 15) is 20.0 Å². The van der Waals surface area contributed by atoms with Crippen molar-refractivity contribution in [2.45, 2.75) is 13.8 Å². The van der Waals surface area contributed by atoms with E-state index < -0.39 is 10.9 Å². The number of carbonyl (C=O) groups excluding carboxylic acids is 1. The van der Waals surface area contributed by atoms with Gasteiger partial charge in [0.15, 0.2) is 0 Å². The van der Waals surface area contributed by atoms with Crippen molar-refractivity contribution in [1.82, 2.24) is 0 Å². The summed E-state index contributed by atoms with van der Waals surface area (Å²) >= 11 is 5.66. The van der Waals surface area contributed by atoms with Crippen LogP contribution in [-0.4, -0.2) is 22.6 Å². The molecule has 0 saturated carbocycles. The molecule has 0 amide bonds. The first-order valence-electron chi connectivity index (χ1n) is 5.79. The number of nitro groups is 1. The molecule has 0 atom stereocenters. The summed E-state index contributed by atoms with van der Waals surface area (Å²) in [6, 6.07) is 3.77. The zero-order valence-electron chi connectivity index (χ0n) is 11.2. The number of azo groups is 1. The first-order valence-corrected chi connectivity index (χ1v) is 6.17. The topological polar surface area (TPSA) is 114 Å². The summed E-state index contributed by atoms with van der Waals surface area (Å²) in [5.74, 6) is -1.22. The van der Waals surface area contributed by atoms with E-state index in [-0.39, 0.29) is 34.5 Å². The highest BCUT2D eigenvalue weighted by molar-refractivity contribution is 6.32. The fourth-order valence-electron chi connectivity index (χ4n) is 1.27. The number of benzene rings is 1. The van der Waals surface area contributed by atoms with Crippen LogP contribution in [0.1, 0.15) is 13.8 Å². The molecule has 0 aliphatic rings. The number of esters is 1. The second kappa shape index (κ2) is 7.34. The number of nitro benzene ring substituents is 1. The first kappa shape index (κ1) is 16.6. The Balaban J connectivity index is 3.08. The normalized spacial score (nSPS) is 12.1. The number of aliphatic hydroxyl groups excluding tert-OH is 1. The van der Waals surface area contributed by atoms with Gasteiger partial charge in [-0.2, -0.15) is 0 Å². The van der Waals surface area contributed by atoms with Gasteiger partial charge in [-0.3, -0.25) is 10.1 Å². The van der Waals surface area contributed by atoms with Crippen LogP contribution in [0.5, 0.6) is 0 Å². The van der Waals surface area contributed by atoms with Gasteiger partial charge in [-0.25, -0.2) is 4.79 Å². The minimum atomic E-state index is -0.843. The van der Waals surface area contributed by atoms with Crippen molar-refractivity contribution in [3.8, 4) is 0 Å². The maximum atomic E-state index is 11.5. The lowest BCUT2D eigenvalue weighted by Gasteiger charge is -2.02. The van der Waals surface area contributed by atoms with Crippen LogP contribution in [0.15, 0.2) is 39.9 Å². The Kier molecular flexibility index (Phi) is 5.79. The average molecular weight is 314 g/mol. The predicted molar refractivity (Wildman–Crippen MR) is 74.6 cm³/mol. The van der Waals surface area contributed by atoms with Gasteiger partial charge in [0, 0.05) is 6.07 Å². The Bertz CT molecular complexity index is 623. The van der Waals surface area contributed by atoms with Crippen LogP contribution >= 0.6 is 11.6 Å². The summed E-state index contributed by atoms with van der Waals surface area (Å²) in [6.07, 6.45) is 0. The number of halogens is 1. The highest BCUT2D eigenvalue weighted by atomic mass is 35.5. The molecule has 0 saturated heterocycles. The molecule has 0 radical (unpaired) electrons. The Morgan fingerprint density at radius 1 is 1.52 bits per heavy atom. The van der Waals surface area contributed by atoms with Gasteiger partial charge in [0.2, 0.25) is 5.70 Å². The van der Waals surface area contributed by atoms with E-state index in [1.54, 1.807) is 6.92 Å². The maximum Gasteiger partial charge on any atom is 0.362 e. The van der Waals surface area contributed by atoms with Crippen LogP contribution in [0.4, 0.5) is 11.4 Å². The third kappa shape index (κ3) is 4.53. The number of hydrogen-bond donors (Lipinski definition) is 1. The van der Waals surface area contributed by atoms with Gasteiger partial charge in [0.1, 0.15) is 10.8 Å². The third-order valence-electron chi connectivity index (χ3n) is 2.20. The zero-order valence-corrected chi connectivity index (χ0v) is 12.0. The minimum Gasteiger partial charge on any atom is -0.510 e. The van der Waals surface area contributed by atoms with Crippen molar-refractivity contribution >= 4 is 28.9 Å². The standard InChI is InChI=1S/C12H12ClN3O5/c1-3-21-12(18)11(7(2)17)15-14-8-4-5-9(13)10(6-8)16(19)20/h4-6,17H,3H2,1-2H3/b11-7-,15-14?. The average Bonchev–Trinajstić information content (AvgIpc) is 2.40. The minimum absolute atomic E-state index is 0.0431. The molecule has 8 nitrogen and oxygen atoms in total. The Morgan fingerprint density at radius 2 is 2.19 bits per heavy atom. The lowest BCUT2D eigenvalue weighted by atomic mass is 10.3. The number of allylic oxidation sites excluding steroid dienone is 1. The Hall–Kier alpha value is -2.48. The lowest BCUT2D eigenvalue weighted by Crippen LogP contribution is -2.07. The number of nitrogens with zero attached hydrogens (tertiary/aromatic N) is 3. The molecule has 112 valence electrons. The molecule has 0 aromatic heterocycles. The van der Waals surface area contributed by atoms with Crippen molar-refractivity contribution in [2.75, 3.05) is 6.61 Å². The fourth-order valence-corrected chi connectivity index (χ4v) is 1.46. The third-order valence-corrected chi connectivity index (χ3v) is 2.52. The molecular formula is C12H12ClN3O5. The van der Waals surface area contributed by atoms with Gasteiger partial charge in [-0.15, -0.1) is 10.2 Å². The molecule has 1 rings (SSSR count). The van der Waals surface area contributed by atoms with Gasteiger partial charge >= 0.3 is 5.97 Å². The number of ether oxygens (including phenoxy) is 1. The predicted octanol–water partition coefficient (Wildman–Crippen LogP) is 3.68. The smallest absolute Gasteiger partial charge is 0.362 e. The van der Waals surface area contributed by atoms with E-state index >= 15 is 0 Å². The van der Waals surface area contributed by atoms with Crippen molar-refractivity contribution in [2.24, 2.45) is 10.2 Å². The SMILES string of the molecule is CCOC(=O)/C(N=Nc1ccc(Cl)c([N+](=O)[O-])c1)=C(\C)O. The van der Waals surface area contributed by atoms with Crippen molar-refractivity contribution in [1.29, 1.82) is 0 Å². The molecule has 1 aromatic carbocycles. The molecule has 0 fully saturated rings. The largest absolute Gasteiger partial charge is 0.510 e. The van der Waals surface area contributed by atoms with Crippen molar-refractivity contribution < 1.29 is 19.6 Å². The van der Waals surface area contributed by atoms with Crippen LogP contribution in [0.3, 0.4) is 0 Å². The number of rotatable bonds is 5. The number of carbonyl (C=O) groups is 1. The monoisotopic (exact) mass is 313 g/mol. The molecular weight excluding hydrogens is 302 g/mol. The second-order valence-electron chi connectivity index (χ2n) is 3.75. The molecule has 0 bridgehead atoms.